The van der Waals surface area contributed by atoms with E-state index in [4.69, 9.17) is 9.84 Å². The van der Waals surface area contributed by atoms with E-state index in [1.54, 1.807) is 0 Å². The molecule has 1 fully saturated rings. The Morgan fingerprint density at radius 3 is 2.40 bits per heavy atom. The molecule has 9 heteroatoms. The monoisotopic (exact) mass is 293 g/mol. The lowest BCUT2D eigenvalue weighted by Gasteiger charge is -2.45. The number of carboxylic acids is 1. The Labute approximate surface area is 114 Å². The minimum absolute atomic E-state index is 0.246. The van der Waals surface area contributed by atoms with E-state index in [-0.39, 0.29) is 6.42 Å². The van der Waals surface area contributed by atoms with Gasteiger partial charge in [0.05, 0.1) is 12.1 Å². The van der Waals surface area contributed by atoms with Crippen LogP contribution in [0.2, 0.25) is 0 Å². The zero-order valence-corrected chi connectivity index (χ0v) is 11.1. The standard InChI is InChI=1S/C11H19NO8/c1-4(13)12-6-5(14)3-11(2,19)20-9(6)7(15)8(16)10(17)18/h5-9,14-16,19H,3H2,1-2H3,(H,12,13)(H,17,18)/t5-,6-,7+,8-,9+,11+/m0/s1. The molecule has 0 saturated carbocycles. The highest BCUT2D eigenvalue weighted by molar-refractivity contribution is 5.74. The molecule has 1 aliphatic heterocycles. The zero-order valence-electron chi connectivity index (χ0n) is 11.1. The van der Waals surface area contributed by atoms with Crippen molar-refractivity contribution in [1.29, 1.82) is 0 Å². The van der Waals surface area contributed by atoms with Gasteiger partial charge < -0.3 is 35.6 Å². The van der Waals surface area contributed by atoms with E-state index in [2.05, 4.69) is 5.32 Å². The van der Waals surface area contributed by atoms with Crippen molar-refractivity contribution in [2.45, 2.75) is 56.5 Å². The van der Waals surface area contributed by atoms with Crippen LogP contribution in [0.1, 0.15) is 20.3 Å². The molecule has 1 saturated heterocycles. The summed E-state index contributed by atoms with van der Waals surface area (Å²) in [5, 5.41) is 49.8. The number of aliphatic hydroxyl groups is 4. The summed E-state index contributed by atoms with van der Waals surface area (Å²) >= 11 is 0. The van der Waals surface area contributed by atoms with Crippen molar-refractivity contribution in [2.75, 3.05) is 0 Å². The number of carbonyl (C=O) groups is 2. The van der Waals surface area contributed by atoms with Gasteiger partial charge in [-0.15, -0.1) is 0 Å². The Bertz CT molecular complexity index is 385. The van der Waals surface area contributed by atoms with Crippen molar-refractivity contribution in [1.82, 2.24) is 5.32 Å². The first-order valence-electron chi connectivity index (χ1n) is 5.99. The van der Waals surface area contributed by atoms with Gasteiger partial charge in [-0.1, -0.05) is 0 Å². The van der Waals surface area contributed by atoms with Gasteiger partial charge in [0, 0.05) is 13.3 Å². The summed E-state index contributed by atoms with van der Waals surface area (Å²) in [4.78, 5) is 21.8. The summed E-state index contributed by atoms with van der Waals surface area (Å²) in [6.07, 6.45) is -7.13. The van der Waals surface area contributed by atoms with Gasteiger partial charge in [0.25, 0.3) is 0 Å². The van der Waals surface area contributed by atoms with E-state index < -0.39 is 48.1 Å². The molecular weight excluding hydrogens is 274 g/mol. The Hall–Kier alpha value is -1.26. The molecule has 1 rings (SSSR count). The zero-order chi connectivity index (χ0) is 15.7. The third-order valence-corrected chi connectivity index (χ3v) is 3.03. The molecule has 0 aromatic carbocycles. The Morgan fingerprint density at radius 2 is 1.95 bits per heavy atom. The lowest BCUT2D eigenvalue weighted by molar-refractivity contribution is -0.291. The number of amides is 1. The predicted octanol–water partition coefficient (Wildman–Crippen LogP) is -2.84. The second kappa shape index (κ2) is 6.02. The van der Waals surface area contributed by atoms with E-state index in [0.29, 0.717) is 0 Å². The lowest BCUT2D eigenvalue weighted by atomic mass is 9.89. The summed E-state index contributed by atoms with van der Waals surface area (Å²) in [6, 6.07) is -1.16. The second-order valence-electron chi connectivity index (χ2n) is 5.03. The Balaban J connectivity index is 2.99. The highest BCUT2D eigenvalue weighted by atomic mass is 16.6. The fraction of sp³-hybridized carbons (Fsp3) is 0.818. The largest absolute Gasteiger partial charge is 0.479 e. The van der Waals surface area contributed by atoms with Gasteiger partial charge in [-0.2, -0.15) is 0 Å². The molecule has 1 aliphatic rings. The van der Waals surface area contributed by atoms with Crippen LogP contribution < -0.4 is 5.32 Å². The summed E-state index contributed by atoms with van der Waals surface area (Å²) in [5.74, 6) is -4.05. The fourth-order valence-electron chi connectivity index (χ4n) is 2.17. The molecule has 0 unspecified atom stereocenters. The van der Waals surface area contributed by atoms with Crippen molar-refractivity contribution in [3.63, 3.8) is 0 Å². The normalized spacial score (nSPS) is 37.0. The minimum atomic E-state index is -2.18. The van der Waals surface area contributed by atoms with Crippen LogP contribution in [-0.4, -0.2) is 73.7 Å². The van der Waals surface area contributed by atoms with Crippen molar-refractivity contribution >= 4 is 11.9 Å². The van der Waals surface area contributed by atoms with Crippen LogP contribution >= 0.6 is 0 Å². The third kappa shape index (κ3) is 3.87. The average molecular weight is 293 g/mol. The second-order valence-corrected chi connectivity index (χ2v) is 5.03. The van der Waals surface area contributed by atoms with Gasteiger partial charge in [-0.05, 0) is 6.92 Å². The smallest absolute Gasteiger partial charge is 0.335 e. The molecule has 0 spiro atoms. The molecule has 0 radical (unpaired) electrons. The first kappa shape index (κ1) is 16.8. The molecule has 9 nitrogen and oxygen atoms in total. The summed E-state index contributed by atoms with van der Waals surface area (Å²) in [7, 11) is 0. The van der Waals surface area contributed by atoms with Gasteiger partial charge in [-0.25, -0.2) is 4.79 Å². The van der Waals surface area contributed by atoms with Gasteiger partial charge in [0.2, 0.25) is 5.91 Å². The van der Waals surface area contributed by atoms with Crippen LogP contribution in [0.5, 0.6) is 0 Å². The van der Waals surface area contributed by atoms with E-state index >= 15 is 0 Å². The number of carboxylic acid groups (broad SMARTS) is 1. The van der Waals surface area contributed by atoms with Crippen LogP contribution in [0.4, 0.5) is 0 Å². The molecule has 0 aromatic heterocycles. The average Bonchev–Trinajstić information content (AvgIpc) is 2.29. The topological polar surface area (TPSA) is 157 Å². The molecule has 1 heterocycles. The Morgan fingerprint density at radius 1 is 1.40 bits per heavy atom. The first-order chi connectivity index (χ1) is 9.05. The van der Waals surface area contributed by atoms with Crippen LogP contribution in [-0.2, 0) is 14.3 Å². The number of carbonyl (C=O) groups excluding carboxylic acids is 1. The van der Waals surface area contributed by atoms with Crippen LogP contribution in [0.3, 0.4) is 0 Å². The number of nitrogens with one attached hydrogen (secondary N) is 1. The highest BCUT2D eigenvalue weighted by Gasteiger charge is 2.49. The van der Waals surface area contributed by atoms with Crippen molar-refractivity contribution in [3.05, 3.63) is 0 Å². The minimum Gasteiger partial charge on any atom is -0.479 e. The third-order valence-electron chi connectivity index (χ3n) is 3.03. The van der Waals surface area contributed by atoms with E-state index in [0.717, 1.165) is 6.92 Å². The van der Waals surface area contributed by atoms with E-state index in [1.807, 2.05) is 0 Å². The predicted molar refractivity (Wildman–Crippen MR) is 63.4 cm³/mol. The van der Waals surface area contributed by atoms with Crippen LogP contribution in [0.15, 0.2) is 0 Å². The molecular formula is C11H19NO8. The number of hydrogen-bond acceptors (Lipinski definition) is 7. The number of ether oxygens (including phenoxy) is 1. The van der Waals surface area contributed by atoms with Crippen molar-refractivity contribution in [2.24, 2.45) is 0 Å². The van der Waals surface area contributed by atoms with Crippen molar-refractivity contribution in [3.8, 4) is 0 Å². The number of aliphatic carboxylic acids is 1. The van der Waals surface area contributed by atoms with Gasteiger partial charge in [0.1, 0.15) is 12.2 Å². The maximum absolute atomic E-state index is 11.1. The quantitative estimate of drug-likeness (QED) is 0.323. The van der Waals surface area contributed by atoms with Gasteiger partial charge >= 0.3 is 5.97 Å². The molecule has 0 aromatic rings. The Kier molecular flexibility index (Phi) is 5.05. The van der Waals surface area contributed by atoms with Crippen LogP contribution in [0.25, 0.3) is 0 Å². The summed E-state index contributed by atoms with van der Waals surface area (Å²) < 4.78 is 5.10. The fourth-order valence-corrected chi connectivity index (χ4v) is 2.17. The first-order valence-corrected chi connectivity index (χ1v) is 5.99. The molecule has 6 atom stereocenters. The number of aliphatic hydroxyl groups excluding tert-OH is 3. The van der Waals surface area contributed by atoms with E-state index in [1.165, 1.54) is 6.92 Å². The SMILES string of the molecule is CC(=O)N[C@@H]1[C@H]([C@H](O)[C@H](O)C(=O)O)O[C@@](C)(O)C[C@@H]1O. The summed E-state index contributed by atoms with van der Waals surface area (Å²) in [6.45, 7) is 2.38. The highest BCUT2D eigenvalue weighted by Crippen LogP contribution is 2.29. The van der Waals surface area contributed by atoms with Crippen molar-refractivity contribution < 1.29 is 39.9 Å². The molecule has 6 N–H and O–H groups in total. The lowest BCUT2D eigenvalue weighted by Crippen LogP contribution is -2.65. The van der Waals surface area contributed by atoms with Gasteiger partial charge in [0.15, 0.2) is 11.9 Å². The molecule has 20 heavy (non-hydrogen) atoms. The molecule has 0 bridgehead atoms. The van der Waals surface area contributed by atoms with Crippen LogP contribution in [0, 0.1) is 0 Å². The number of rotatable bonds is 4. The summed E-state index contributed by atoms with van der Waals surface area (Å²) in [5.41, 5.74) is 0. The molecule has 1 amide bonds. The maximum Gasteiger partial charge on any atom is 0.335 e. The molecule has 116 valence electrons. The van der Waals surface area contributed by atoms with E-state index in [9.17, 15) is 30.0 Å². The molecule has 0 aliphatic carbocycles. The maximum atomic E-state index is 11.1. The number of hydrogen-bond donors (Lipinski definition) is 6. The van der Waals surface area contributed by atoms with Gasteiger partial charge in [-0.3, -0.25) is 4.79 Å².